The SMILES string of the molecule is Cc1ccc(N2C(=O)CC(N(C(=O)CSc3nc(N)c(C#N)c(C(C)C)c3C#N)C3CCCCC3)C2=O)cc1. The second kappa shape index (κ2) is 11.9. The summed E-state index contributed by atoms with van der Waals surface area (Å²) < 4.78 is 0. The van der Waals surface area contributed by atoms with Crippen molar-refractivity contribution in [3.05, 3.63) is 46.5 Å². The van der Waals surface area contributed by atoms with Crippen LogP contribution in [0.25, 0.3) is 0 Å². The van der Waals surface area contributed by atoms with Crippen molar-refractivity contribution < 1.29 is 14.4 Å². The van der Waals surface area contributed by atoms with Crippen LogP contribution in [0.5, 0.6) is 0 Å². The molecule has 202 valence electrons. The van der Waals surface area contributed by atoms with E-state index in [-0.39, 0.29) is 57.9 Å². The van der Waals surface area contributed by atoms with Crippen LogP contribution in [0, 0.1) is 29.6 Å². The summed E-state index contributed by atoms with van der Waals surface area (Å²) in [7, 11) is 0. The van der Waals surface area contributed by atoms with Crippen molar-refractivity contribution in [2.45, 2.75) is 82.3 Å². The molecular weight excluding hydrogens is 512 g/mol. The van der Waals surface area contributed by atoms with Gasteiger partial charge in [0.1, 0.15) is 29.0 Å². The number of amides is 3. The molecule has 2 aromatic rings. The number of aromatic nitrogens is 1. The van der Waals surface area contributed by atoms with Gasteiger partial charge in [-0.2, -0.15) is 10.5 Å². The molecule has 2 fully saturated rings. The number of hydrogen-bond acceptors (Lipinski definition) is 8. The molecule has 9 nitrogen and oxygen atoms in total. The number of hydrogen-bond donors (Lipinski definition) is 1. The fraction of sp³-hybridized carbons (Fsp3) is 0.448. The number of anilines is 2. The number of benzene rings is 1. The van der Waals surface area contributed by atoms with Crippen molar-refractivity contribution in [3.63, 3.8) is 0 Å². The lowest BCUT2D eigenvalue weighted by Crippen LogP contribution is -2.52. The molecular formula is C29H32N6O3S. The van der Waals surface area contributed by atoms with E-state index in [1.165, 1.54) is 4.90 Å². The van der Waals surface area contributed by atoms with E-state index in [2.05, 4.69) is 11.1 Å². The van der Waals surface area contributed by atoms with Crippen LogP contribution >= 0.6 is 11.8 Å². The highest BCUT2D eigenvalue weighted by molar-refractivity contribution is 8.00. The number of nitrogen functional groups attached to an aromatic ring is 1. The standard InChI is InChI=1S/C29H32N6O3S/c1-17(2)26-21(14-30)27(32)33-28(22(26)15-31)39-16-25(37)34(19-7-5-4-6-8-19)23-13-24(36)35(29(23)38)20-11-9-18(3)10-12-20/h9-12,17,19,23H,4-8,13,16H2,1-3H3,(H2,32,33). The first-order valence-electron chi connectivity index (χ1n) is 13.2. The number of carbonyl (C=O) groups is 3. The molecule has 1 aliphatic carbocycles. The molecule has 1 atom stereocenters. The third kappa shape index (κ3) is 5.62. The van der Waals surface area contributed by atoms with Crippen molar-refractivity contribution in [1.29, 1.82) is 10.5 Å². The van der Waals surface area contributed by atoms with Gasteiger partial charge in [-0.25, -0.2) is 9.88 Å². The van der Waals surface area contributed by atoms with Gasteiger partial charge < -0.3 is 10.6 Å². The second-order valence-corrected chi connectivity index (χ2v) is 11.3. The van der Waals surface area contributed by atoms with Gasteiger partial charge in [0, 0.05) is 6.04 Å². The van der Waals surface area contributed by atoms with Gasteiger partial charge in [-0.05, 0) is 43.4 Å². The molecule has 1 unspecified atom stereocenters. The molecule has 1 aromatic heterocycles. The minimum atomic E-state index is -0.879. The zero-order valence-electron chi connectivity index (χ0n) is 22.4. The topological polar surface area (TPSA) is 144 Å². The maximum Gasteiger partial charge on any atom is 0.257 e. The molecule has 1 aromatic carbocycles. The first kappa shape index (κ1) is 28.1. The van der Waals surface area contributed by atoms with Gasteiger partial charge in [0.15, 0.2) is 0 Å². The number of thioether (sulfide) groups is 1. The van der Waals surface area contributed by atoms with Crippen LogP contribution in [0.1, 0.15) is 80.5 Å². The Morgan fingerprint density at radius 1 is 1.13 bits per heavy atom. The number of pyridine rings is 1. The van der Waals surface area contributed by atoms with Crippen LogP contribution < -0.4 is 10.6 Å². The molecule has 3 amide bonds. The van der Waals surface area contributed by atoms with E-state index in [1.54, 1.807) is 17.0 Å². The largest absolute Gasteiger partial charge is 0.383 e. The summed E-state index contributed by atoms with van der Waals surface area (Å²) >= 11 is 1.07. The molecule has 4 rings (SSSR count). The molecule has 2 N–H and O–H groups in total. The van der Waals surface area contributed by atoms with E-state index in [4.69, 9.17) is 5.73 Å². The fourth-order valence-electron chi connectivity index (χ4n) is 5.50. The molecule has 1 saturated carbocycles. The Morgan fingerprint density at radius 3 is 2.36 bits per heavy atom. The summed E-state index contributed by atoms with van der Waals surface area (Å²) in [6, 6.07) is 10.3. The van der Waals surface area contributed by atoms with Crippen molar-refractivity contribution >= 4 is 41.0 Å². The van der Waals surface area contributed by atoms with Crippen LogP contribution in [0.4, 0.5) is 11.5 Å². The van der Waals surface area contributed by atoms with Gasteiger partial charge >= 0.3 is 0 Å². The van der Waals surface area contributed by atoms with Crippen molar-refractivity contribution in [3.8, 4) is 12.1 Å². The number of imide groups is 1. The third-order valence-electron chi connectivity index (χ3n) is 7.37. The van der Waals surface area contributed by atoms with Crippen LogP contribution in [-0.2, 0) is 14.4 Å². The quantitative estimate of drug-likeness (QED) is 0.398. The van der Waals surface area contributed by atoms with Gasteiger partial charge in [0.2, 0.25) is 11.8 Å². The number of nitriles is 2. The molecule has 1 saturated heterocycles. The summed E-state index contributed by atoms with van der Waals surface area (Å²) in [6.07, 6.45) is 4.43. The smallest absolute Gasteiger partial charge is 0.257 e. The minimum Gasteiger partial charge on any atom is -0.383 e. The van der Waals surface area contributed by atoms with Gasteiger partial charge in [0.05, 0.1) is 29.0 Å². The van der Waals surface area contributed by atoms with Crippen LogP contribution in [0.3, 0.4) is 0 Å². The van der Waals surface area contributed by atoms with Gasteiger partial charge in [-0.15, -0.1) is 0 Å². The highest BCUT2D eigenvalue weighted by Gasteiger charge is 2.46. The zero-order chi connectivity index (χ0) is 28.3. The van der Waals surface area contributed by atoms with E-state index in [1.807, 2.05) is 39.0 Å². The predicted octanol–water partition coefficient (Wildman–Crippen LogP) is 4.42. The molecule has 0 spiro atoms. The van der Waals surface area contributed by atoms with Crippen molar-refractivity contribution in [2.24, 2.45) is 0 Å². The molecule has 1 aliphatic heterocycles. The van der Waals surface area contributed by atoms with Gasteiger partial charge in [0.25, 0.3) is 5.91 Å². The normalized spacial score (nSPS) is 17.8. The highest BCUT2D eigenvalue weighted by atomic mass is 32.2. The Balaban J connectivity index is 1.63. The first-order valence-corrected chi connectivity index (χ1v) is 14.2. The average Bonchev–Trinajstić information content (AvgIpc) is 3.21. The van der Waals surface area contributed by atoms with E-state index in [0.29, 0.717) is 11.3 Å². The van der Waals surface area contributed by atoms with Gasteiger partial charge in [-0.1, -0.05) is 62.6 Å². The third-order valence-corrected chi connectivity index (χ3v) is 8.33. The predicted molar refractivity (Wildman–Crippen MR) is 149 cm³/mol. The molecule has 10 heteroatoms. The Bertz CT molecular complexity index is 1370. The summed E-state index contributed by atoms with van der Waals surface area (Å²) in [4.78, 5) is 47.5. The molecule has 0 bridgehead atoms. The number of carbonyl (C=O) groups excluding carboxylic acids is 3. The molecule has 0 radical (unpaired) electrons. The number of rotatable bonds is 7. The highest BCUT2D eigenvalue weighted by Crippen LogP contribution is 2.35. The number of nitrogens with zero attached hydrogens (tertiary/aromatic N) is 5. The van der Waals surface area contributed by atoms with Crippen LogP contribution in [-0.4, -0.2) is 45.4 Å². The molecule has 2 heterocycles. The van der Waals surface area contributed by atoms with E-state index >= 15 is 0 Å². The van der Waals surface area contributed by atoms with Crippen molar-refractivity contribution in [1.82, 2.24) is 9.88 Å². The fourth-order valence-corrected chi connectivity index (χ4v) is 6.37. The number of nitrogens with two attached hydrogens (primary N) is 1. The molecule has 2 aliphatic rings. The lowest BCUT2D eigenvalue weighted by atomic mass is 9.92. The maximum absolute atomic E-state index is 13.8. The monoisotopic (exact) mass is 544 g/mol. The summed E-state index contributed by atoms with van der Waals surface area (Å²) in [5.74, 6) is -1.22. The van der Waals surface area contributed by atoms with E-state index in [9.17, 15) is 24.9 Å². The Hall–Kier alpha value is -3.89. The lowest BCUT2D eigenvalue weighted by Gasteiger charge is -2.37. The Kier molecular flexibility index (Phi) is 8.57. The van der Waals surface area contributed by atoms with E-state index < -0.39 is 11.9 Å². The Labute approximate surface area is 233 Å². The summed E-state index contributed by atoms with van der Waals surface area (Å²) in [5.41, 5.74) is 8.48. The van der Waals surface area contributed by atoms with E-state index in [0.717, 1.165) is 49.4 Å². The van der Waals surface area contributed by atoms with Gasteiger partial charge in [-0.3, -0.25) is 14.4 Å². The maximum atomic E-state index is 13.8. The average molecular weight is 545 g/mol. The van der Waals surface area contributed by atoms with Crippen molar-refractivity contribution in [2.75, 3.05) is 16.4 Å². The minimum absolute atomic E-state index is 0.0181. The summed E-state index contributed by atoms with van der Waals surface area (Å²) in [6.45, 7) is 5.66. The first-order chi connectivity index (χ1) is 18.7. The van der Waals surface area contributed by atoms with Crippen LogP contribution in [0.2, 0.25) is 0 Å². The second-order valence-electron chi connectivity index (χ2n) is 10.3. The number of aryl methyl sites for hydroxylation is 1. The lowest BCUT2D eigenvalue weighted by molar-refractivity contribution is -0.139. The van der Waals surface area contributed by atoms with Crippen LogP contribution in [0.15, 0.2) is 29.3 Å². The molecule has 39 heavy (non-hydrogen) atoms. The Morgan fingerprint density at radius 2 is 1.77 bits per heavy atom. The summed E-state index contributed by atoms with van der Waals surface area (Å²) in [5, 5.41) is 19.7. The zero-order valence-corrected chi connectivity index (χ0v) is 23.3.